The first-order valence-electron chi connectivity index (χ1n) is 10.4. The first-order valence-corrected chi connectivity index (χ1v) is 10.4. The second-order valence-electron chi connectivity index (χ2n) is 7.82. The van der Waals surface area contributed by atoms with Gasteiger partial charge in [-0.1, -0.05) is 35.9 Å². The van der Waals surface area contributed by atoms with Gasteiger partial charge in [0.05, 0.1) is 12.1 Å². The number of hydrogen-bond acceptors (Lipinski definition) is 7. The van der Waals surface area contributed by atoms with Gasteiger partial charge in [-0.15, -0.1) is 0 Å². The molecule has 0 spiro atoms. The molecular weight excluding hydrogens is 428 g/mol. The highest BCUT2D eigenvalue weighted by Gasteiger charge is 2.26. The molecule has 0 radical (unpaired) electrons. The zero-order chi connectivity index (χ0) is 24.5. The van der Waals surface area contributed by atoms with Crippen LogP contribution in [-0.2, 0) is 20.8 Å². The molecule has 0 saturated carbocycles. The minimum atomic E-state index is -1.26. The molecule has 33 heavy (non-hydrogen) atoms. The van der Waals surface area contributed by atoms with Crippen LogP contribution in [0.5, 0.6) is 5.75 Å². The van der Waals surface area contributed by atoms with Crippen molar-refractivity contribution in [3.63, 3.8) is 0 Å². The standard InChI is InChI=1S/C23H30N4O6/c1-13-3-2-4-14(7-13)15-5-6-20(29)16(8-15)9-18(25)22(32)27-19(10-17(28)11-24)23(33)26-12-21(30)31/h2-8,17-19,28-29H,9-12,24-25H2,1H3,(H,26,33)(H,27,32)(H,30,31)/t17-,18+,19+/m1/s1. The second kappa shape index (κ2) is 12.0. The van der Waals surface area contributed by atoms with Gasteiger partial charge in [-0.2, -0.15) is 0 Å². The molecule has 2 aromatic rings. The molecule has 0 aromatic heterocycles. The fourth-order valence-electron chi connectivity index (χ4n) is 3.25. The molecule has 2 aromatic carbocycles. The van der Waals surface area contributed by atoms with E-state index in [1.54, 1.807) is 12.1 Å². The van der Waals surface area contributed by atoms with E-state index in [0.29, 0.717) is 5.56 Å². The predicted molar refractivity (Wildman–Crippen MR) is 122 cm³/mol. The summed E-state index contributed by atoms with van der Waals surface area (Å²) in [7, 11) is 0. The number of nitrogens with two attached hydrogens (primary N) is 2. The number of rotatable bonds is 11. The molecule has 0 saturated heterocycles. The maximum absolute atomic E-state index is 12.7. The van der Waals surface area contributed by atoms with Crippen molar-refractivity contribution in [2.45, 2.75) is 38.0 Å². The van der Waals surface area contributed by atoms with Crippen molar-refractivity contribution in [2.75, 3.05) is 13.1 Å². The van der Waals surface area contributed by atoms with Crippen molar-refractivity contribution >= 4 is 17.8 Å². The van der Waals surface area contributed by atoms with Gasteiger partial charge in [0.1, 0.15) is 18.3 Å². The summed E-state index contributed by atoms with van der Waals surface area (Å²) in [6.45, 7) is 1.18. The lowest BCUT2D eigenvalue weighted by atomic mass is 9.97. The third-order valence-corrected chi connectivity index (χ3v) is 5.03. The Balaban J connectivity index is 2.13. The van der Waals surface area contributed by atoms with E-state index in [-0.39, 0.29) is 25.1 Å². The van der Waals surface area contributed by atoms with Crippen LogP contribution in [0.1, 0.15) is 17.5 Å². The summed E-state index contributed by atoms with van der Waals surface area (Å²) in [4.78, 5) is 35.6. The third-order valence-electron chi connectivity index (χ3n) is 5.03. The molecule has 178 valence electrons. The highest BCUT2D eigenvalue weighted by atomic mass is 16.4. The van der Waals surface area contributed by atoms with E-state index in [1.165, 1.54) is 6.07 Å². The lowest BCUT2D eigenvalue weighted by molar-refractivity contribution is -0.138. The number of carboxylic acids is 1. The first-order chi connectivity index (χ1) is 15.6. The number of carbonyl (C=O) groups excluding carboxylic acids is 2. The van der Waals surface area contributed by atoms with Gasteiger partial charge in [-0.25, -0.2) is 0 Å². The van der Waals surface area contributed by atoms with Crippen LogP contribution < -0.4 is 22.1 Å². The Morgan fingerprint density at radius 1 is 1.06 bits per heavy atom. The minimum absolute atomic E-state index is 0.0137. The molecule has 0 aliphatic heterocycles. The van der Waals surface area contributed by atoms with Crippen LogP contribution in [0.3, 0.4) is 0 Å². The Kier molecular flexibility index (Phi) is 9.34. The van der Waals surface area contributed by atoms with Crippen LogP contribution in [0, 0.1) is 6.92 Å². The van der Waals surface area contributed by atoms with Gasteiger partial charge in [0.2, 0.25) is 11.8 Å². The number of hydrogen-bond donors (Lipinski definition) is 7. The van der Waals surface area contributed by atoms with Crippen LogP contribution in [0.25, 0.3) is 11.1 Å². The molecule has 2 amide bonds. The molecule has 10 heteroatoms. The van der Waals surface area contributed by atoms with Crippen LogP contribution in [0.2, 0.25) is 0 Å². The topological polar surface area (TPSA) is 188 Å². The van der Waals surface area contributed by atoms with E-state index < -0.39 is 42.5 Å². The maximum atomic E-state index is 12.7. The Morgan fingerprint density at radius 2 is 1.76 bits per heavy atom. The molecular formula is C23H30N4O6. The average Bonchev–Trinajstić information content (AvgIpc) is 2.78. The number of aromatic hydroxyl groups is 1. The number of aliphatic carboxylic acids is 1. The molecule has 9 N–H and O–H groups in total. The van der Waals surface area contributed by atoms with E-state index in [0.717, 1.165) is 16.7 Å². The number of nitrogens with one attached hydrogen (secondary N) is 2. The summed E-state index contributed by atoms with van der Waals surface area (Å²) < 4.78 is 0. The monoisotopic (exact) mass is 458 g/mol. The normalized spacial score (nSPS) is 13.6. The van der Waals surface area contributed by atoms with Gasteiger partial charge in [0, 0.05) is 19.4 Å². The predicted octanol–water partition coefficient (Wildman–Crippen LogP) is -0.367. The van der Waals surface area contributed by atoms with Crippen LogP contribution in [0.4, 0.5) is 0 Å². The van der Waals surface area contributed by atoms with E-state index in [1.807, 2.05) is 31.2 Å². The molecule has 0 unspecified atom stereocenters. The van der Waals surface area contributed by atoms with Crippen LogP contribution in [-0.4, -0.2) is 64.4 Å². The smallest absolute Gasteiger partial charge is 0.322 e. The van der Waals surface area contributed by atoms with Gasteiger partial charge < -0.3 is 37.4 Å². The number of amides is 2. The summed E-state index contributed by atoms with van der Waals surface area (Å²) in [6, 6.07) is 10.5. The summed E-state index contributed by atoms with van der Waals surface area (Å²) >= 11 is 0. The van der Waals surface area contributed by atoms with Crippen molar-refractivity contribution in [3.05, 3.63) is 53.6 Å². The Bertz CT molecular complexity index is 997. The number of carboxylic acid groups (broad SMARTS) is 1. The third kappa shape index (κ3) is 7.86. The molecule has 0 bridgehead atoms. The SMILES string of the molecule is Cc1cccc(-c2ccc(O)c(C[C@H](N)C(=O)N[C@@H](C[C@@H](O)CN)C(=O)NCC(=O)O)c2)c1. The van der Waals surface area contributed by atoms with Gasteiger partial charge in [-0.3, -0.25) is 14.4 Å². The van der Waals surface area contributed by atoms with Crippen LogP contribution in [0.15, 0.2) is 42.5 Å². The Labute approximate surface area is 191 Å². The van der Waals surface area contributed by atoms with Gasteiger partial charge in [-0.05, 0) is 35.7 Å². The van der Waals surface area contributed by atoms with Crippen molar-refractivity contribution in [2.24, 2.45) is 11.5 Å². The summed E-state index contributed by atoms with van der Waals surface area (Å²) in [5.41, 5.74) is 14.7. The fraction of sp³-hybridized carbons (Fsp3) is 0.348. The van der Waals surface area contributed by atoms with Crippen molar-refractivity contribution in [3.8, 4) is 16.9 Å². The molecule has 0 fully saturated rings. The fourth-order valence-corrected chi connectivity index (χ4v) is 3.25. The number of carbonyl (C=O) groups is 3. The van der Waals surface area contributed by atoms with E-state index >= 15 is 0 Å². The highest BCUT2D eigenvalue weighted by molar-refractivity contribution is 5.91. The number of aliphatic hydroxyl groups is 1. The number of aryl methyl sites for hydroxylation is 1. The number of phenols is 1. The van der Waals surface area contributed by atoms with Crippen molar-refractivity contribution < 1.29 is 29.7 Å². The Morgan fingerprint density at radius 3 is 2.39 bits per heavy atom. The number of benzene rings is 2. The lowest BCUT2D eigenvalue weighted by Crippen LogP contribution is -2.54. The van der Waals surface area contributed by atoms with Crippen molar-refractivity contribution in [1.82, 2.24) is 10.6 Å². The Hall–Kier alpha value is -3.47. The summed E-state index contributed by atoms with van der Waals surface area (Å²) in [6.07, 6.45) is -1.31. The quantitative estimate of drug-likeness (QED) is 0.237. The van der Waals surface area contributed by atoms with Gasteiger partial charge in [0.15, 0.2) is 0 Å². The van der Waals surface area contributed by atoms with E-state index in [2.05, 4.69) is 10.6 Å². The first kappa shape index (κ1) is 25.8. The second-order valence-corrected chi connectivity index (χ2v) is 7.82. The maximum Gasteiger partial charge on any atom is 0.322 e. The lowest BCUT2D eigenvalue weighted by Gasteiger charge is -2.22. The molecule has 10 nitrogen and oxygen atoms in total. The average molecular weight is 459 g/mol. The van der Waals surface area contributed by atoms with Gasteiger partial charge >= 0.3 is 5.97 Å². The molecule has 0 aliphatic carbocycles. The van der Waals surface area contributed by atoms with Gasteiger partial charge in [0.25, 0.3) is 0 Å². The van der Waals surface area contributed by atoms with Crippen molar-refractivity contribution in [1.29, 1.82) is 0 Å². The minimum Gasteiger partial charge on any atom is -0.508 e. The molecule has 2 rings (SSSR count). The van der Waals surface area contributed by atoms with E-state index in [9.17, 15) is 24.6 Å². The molecule has 3 atom stereocenters. The number of aliphatic hydroxyl groups excluding tert-OH is 1. The summed E-state index contributed by atoms with van der Waals surface area (Å²) in [5.74, 6) is -2.76. The summed E-state index contributed by atoms with van der Waals surface area (Å²) in [5, 5.41) is 33.4. The van der Waals surface area contributed by atoms with E-state index in [4.69, 9.17) is 16.6 Å². The zero-order valence-electron chi connectivity index (χ0n) is 18.3. The number of phenolic OH excluding ortho intramolecular Hbond substituents is 1. The highest BCUT2D eigenvalue weighted by Crippen LogP contribution is 2.27. The molecule has 0 heterocycles. The largest absolute Gasteiger partial charge is 0.508 e. The zero-order valence-corrected chi connectivity index (χ0v) is 18.3. The molecule has 0 aliphatic rings. The van der Waals surface area contributed by atoms with Crippen LogP contribution >= 0.6 is 0 Å².